The highest BCUT2D eigenvalue weighted by Gasteiger charge is 2.42. The Morgan fingerprint density at radius 2 is 2.20 bits per heavy atom. The topological polar surface area (TPSA) is 21.3 Å². The summed E-state index contributed by atoms with van der Waals surface area (Å²) in [7, 11) is 0. The van der Waals surface area contributed by atoms with Crippen molar-refractivity contribution in [2.45, 2.75) is 76.9 Å². The minimum atomic E-state index is 0.241. The van der Waals surface area contributed by atoms with Crippen LogP contribution in [-0.2, 0) is 4.74 Å². The summed E-state index contributed by atoms with van der Waals surface area (Å²) in [5, 5.41) is 3.77. The molecule has 3 heteroatoms. The van der Waals surface area contributed by atoms with E-state index in [9.17, 15) is 0 Å². The molecule has 20 heavy (non-hydrogen) atoms. The van der Waals surface area contributed by atoms with E-state index in [4.69, 9.17) is 4.74 Å². The Morgan fingerprint density at radius 3 is 2.90 bits per heavy atom. The first-order chi connectivity index (χ1) is 9.79. The van der Waals surface area contributed by atoms with Gasteiger partial charge in [-0.25, -0.2) is 0 Å². The Balaban J connectivity index is 1.83. The predicted octanol–water partition coefficient (Wildman–Crippen LogP) is 4.24. The predicted molar refractivity (Wildman–Crippen MR) is 89.6 cm³/mol. The van der Waals surface area contributed by atoms with Crippen molar-refractivity contribution in [1.29, 1.82) is 0 Å². The first kappa shape index (κ1) is 16.6. The maximum Gasteiger partial charge on any atom is 0.0783 e. The summed E-state index contributed by atoms with van der Waals surface area (Å²) in [6.45, 7) is 6.64. The molecule has 3 atom stereocenters. The monoisotopic (exact) mass is 299 g/mol. The summed E-state index contributed by atoms with van der Waals surface area (Å²) in [5.41, 5.74) is 0.241. The fourth-order valence-corrected chi connectivity index (χ4v) is 5.21. The summed E-state index contributed by atoms with van der Waals surface area (Å²) in [6.07, 6.45) is 10.7. The molecule has 2 nitrogen and oxygen atoms in total. The van der Waals surface area contributed by atoms with E-state index in [1.165, 1.54) is 62.9 Å². The smallest absolute Gasteiger partial charge is 0.0783 e. The summed E-state index contributed by atoms with van der Waals surface area (Å²) in [4.78, 5) is 0. The van der Waals surface area contributed by atoms with E-state index in [1.807, 2.05) is 0 Å². The van der Waals surface area contributed by atoms with Crippen LogP contribution in [0.3, 0.4) is 0 Å². The van der Waals surface area contributed by atoms with E-state index >= 15 is 0 Å². The van der Waals surface area contributed by atoms with Gasteiger partial charge in [0.1, 0.15) is 0 Å². The molecule has 2 rings (SSSR count). The molecule has 0 radical (unpaired) electrons. The van der Waals surface area contributed by atoms with Crippen LogP contribution in [0, 0.1) is 5.92 Å². The molecule has 3 unspecified atom stereocenters. The zero-order valence-corrected chi connectivity index (χ0v) is 14.3. The van der Waals surface area contributed by atoms with Crippen LogP contribution in [0.4, 0.5) is 0 Å². The van der Waals surface area contributed by atoms with Crippen molar-refractivity contribution in [3.05, 3.63) is 0 Å². The molecule has 0 aromatic rings. The Hall–Kier alpha value is 0.270. The molecule has 2 saturated heterocycles. The highest BCUT2D eigenvalue weighted by Crippen LogP contribution is 2.41. The molecule has 118 valence electrons. The second-order valence-electron chi connectivity index (χ2n) is 6.60. The number of unbranched alkanes of at least 4 members (excludes halogenated alkanes) is 3. The molecule has 0 aromatic carbocycles. The van der Waals surface area contributed by atoms with E-state index in [-0.39, 0.29) is 5.60 Å². The standard InChI is InChI=1S/C17H33NOS/c1-3-5-6-7-8-16(18-4-2)15-9-11-19-17(13-15)10-12-20-14-17/h15-16,18H,3-14H2,1-2H3. The lowest BCUT2D eigenvalue weighted by Crippen LogP contribution is -2.47. The van der Waals surface area contributed by atoms with Crippen molar-refractivity contribution in [1.82, 2.24) is 5.32 Å². The largest absolute Gasteiger partial charge is 0.374 e. The van der Waals surface area contributed by atoms with Crippen LogP contribution in [0.1, 0.15) is 65.2 Å². The van der Waals surface area contributed by atoms with Gasteiger partial charge in [0, 0.05) is 18.4 Å². The summed E-state index contributed by atoms with van der Waals surface area (Å²) in [6, 6.07) is 0.725. The molecule has 1 spiro atoms. The van der Waals surface area contributed by atoms with Gasteiger partial charge in [0.2, 0.25) is 0 Å². The van der Waals surface area contributed by atoms with Gasteiger partial charge < -0.3 is 10.1 Å². The first-order valence-electron chi connectivity index (χ1n) is 8.75. The fourth-order valence-electron chi connectivity index (χ4n) is 3.83. The quantitative estimate of drug-likeness (QED) is 0.677. The van der Waals surface area contributed by atoms with Gasteiger partial charge in [-0.05, 0) is 43.9 Å². The van der Waals surface area contributed by atoms with E-state index in [0.717, 1.165) is 25.1 Å². The SMILES string of the molecule is CCCCCCC(NCC)C1CCOC2(CCSC2)C1. The third-order valence-corrected chi connectivity index (χ3v) is 6.23. The van der Waals surface area contributed by atoms with Gasteiger partial charge in [-0.2, -0.15) is 11.8 Å². The van der Waals surface area contributed by atoms with Crippen LogP contribution < -0.4 is 5.32 Å². The lowest BCUT2D eigenvalue weighted by Gasteiger charge is -2.41. The average Bonchev–Trinajstić information content (AvgIpc) is 2.90. The normalized spacial score (nSPS) is 31.8. The van der Waals surface area contributed by atoms with Crippen molar-refractivity contribution in [3.8, 4) is 0 Å². The molecular weight excluding hydrogens is 266 g/mol. The maximum atomic E-state index is 6.18. The van der Waals surface area contributed by atoms with Gasteiger partial charge in [-0.3, -0.25) is 0 Å². The van der Waals surface area contributed by atoms with Gasteiger partial charge in [-0.1, -0.05) is 39.5 Å². The van der Waals surface area contributed by atoms with Crippen molar-refractivity contribution in [3.63, 3.8) is 0 Å². The third-order valence-electron chi connectivity index (χ3n) is 5.00. The van der Waals surface area contributed by atoms with Crippen LogP contribution in [-0.4, -0.2) is 36.3 Å². The molecule has 1 N–H and O–H groups in total. The van der Waals surface area contributed by atoms with Gasteiger partial charge in [0.25, 0.3) is 0 Å². The number of nitrogens with one attached hydrogen (secondary N) is 1. The lowest BCUT2D eigenvalue weighted by molar-refractivity contribution is -0.0855. The van der Waals surface area contributed by atoms with Crippen LogP contribution >= 0.6 is 11.8 Å². The van der Waals surface area contributed by atoms with Gasteiger partial charge >= 0.3 is 0 Å². The van der Waals surface area contributed by atoms with E-state index in [0.29, 0.717) is 0 Å². The molecule has 0 aromatic heterocycles. The lowest BCUT2D eigenvalue weighted by atomic mass is 9.79. The van der Waals surface area contributed by atoms with Crippen LogP contribution in [0.2, 0.25) is 0 Å². The third kappa shape index (κ3) is 4.64. The Morgan fingerprint density at radius 1 is 1.30 bits per heavy atom. The first-order valence-corrected chi connectivity index (χ1v) is 9.90. The molecule has 2 fully saturated rings. The maximum absolute atomic E-state index is 6.18. The molecule has 2 aliphatic heterocycles. The van der Waals surface area contributed by atoms with E-state index in [2.05, 4.69) is 30.9 Å². The van der Waals surface area contributed by atoms with Crippen LogP contribution in [0.15, 0.2) is 0 Å². The Bertz CT molecular complexity index is 266. The van der Waals surface area contributed by atoms with Crippen LogP contribution in [0.5, 0.6) is 0 Å². The second kappa shape index (κ2) is 8.65. The molecule has 0 saturated carbocycles. The Kier molecular flexibility index (Phi) is 7.20. The minimum absolute atomic E-state index is 0.241. The number of hydrogen-bond donors (Lipinski definition) is 1. The molecular formula is C17H33NOS. The number of rotatable bonds is 8. The minimum Gasteiger partial charge on any atom is -0.374 e. The summed E-state index contributed by atoms with van der Waals surface area (Å²) >= 11 is 2.09. The summed E-state index contributed by atoms with van der Waals surface area (Å²) in [5.74, 6) is 3.37. The van der Waals surface area contributed by atoms with E-state index in [1.54, 1.807) is 0 Å². The summed E-state index contributed by atoms with van der Waals surface area (Å²) < 4.78 is 6.18. The Labute approximate surface area is 129 Å². The molecule has 0 amide bonds. The van der Waals surface area contributed by atoms with Gasteiger partial charge in [-0.15, -0.1) is 0 Å². The number of ether oxygens (including phenoxy) is 1. The second-order valence-corrected chi connectivity index (χ2v) is 7.71. The zero-order chi connectivity index (χ0) is 14.3. The van der Waals surface area contributed by atoms with Gasteiger partial charge in [0.15, 0.2) is 0 Å². The van der Waals surface area contributed by atoms with Crippen molar-refractivity contribution >= 4 is 11.8 Å². The van der Waals surface area contributed by atoms with Crippen molar-refractivity contribution < 1.29 is 4.74 Å². The molecule has 2 aliphatic rings. The highest BCUT2D eigenvalue weighted by molar-refractivity contribution is 7.99. The number of thioether (sulfide) groups is 1. The number of hydrogen-bond acceptors (Lipinski definition) is 3. The molecule has 0 aliphatic carbocycles. The molecule has 2 heterocycles. The van der Waals surface area contributed by atoms with Gasteiger partial charge in [0.05, 0.1) is 5.60 Å². The zero-order valence-electron chi connectivity index (χ0n) is 13.5. The van der Waals surface area contributed by atoms with Crippen molar-refractivity contribution in [2.24, 2.45) is 5.92 Å². The average molecular weight is 300 g/mol. The van der Waals surface area contributed by atoms with Crippen molar-refractivity contribution in [2.75, 3.05) is 24.7 Å². The molecule has 0 bridgehead atoms. The fraction of sp³-hybridized carbons (Fsp3) is 1.00. The van der Waals surface area contributed by atoms with E-state index < -0.39 is 0 Å². The highest BCUT2D eigenvalue weighted by atomic mass is 32.2. The van der Waals surface area contributed by atoms with Crippen LogP contribution in [0.25, 0.3) is 0 Å².